The van der Waals surface area contributed by atoms with Crippen molar-refractivity contribution >= 4 is 17.5 Å². The lowest BCUT2D eigenvalue weighted by Crippen LogP contribution is -2.18. The van der Waals surface area contributed by atoms with Gasteiger partial charge in [-0.2, -0.15) is 0 Å². The molecule has 2 heterocycles. The molecule has 0 spiro atoms. The standard InChI is InChI=1S/C27H30N8O5/c1-4-17-12-18(14-20(13-17)39-11-10-38-3)23(25-33-27(37)35(34-25)26-30-8-5-9-31-26)32-19-6-7-21(24(28)29)22(15-19)40-16(2)36/h5-9,12-15,23,32H,4,10-11H2,1-3H3,(H3,28,29)(H,33,34,37). The number of nitrogens with two attached hydrogens (primary N) is 1. The van der Waals surface area contributed by atoms with Crippen LogP contribution in [0.25, 0.3) is 5.95 Å². The summed E-state index contributed by atoms with van der Waals surface area (Å²) in [5.74, 6) is 0.320. The number of aromatic amines is 1. The fraction of sp³-hybridized carbons (Fsp3) is 0.259. The molecule has 0 radical (unpaired) electrons. The number of esters is 1. The molecule has 1 unspecified atom stereocenters. The lowest BCUT2D eigenvalue weighted by Gasteiger charge is -2.21. The molecule has 40 heavy (non-hydrogen) atoms. The molecule has 2 aromatic carbocycles. The molecule has 0 saturated heterocycles. The number of nitrogens with one attached hydrogen (secondary N) is 3. The Bertz CT molecular complexity index is 1550. The molecule has 13 nitrogen and oxygen atoms in total. The molecule has 0 amide bonds. The Hall–Kier alpha value is -5.04. The van der Waals surface area contributed by atoms with Gasteiger partial charge >= 0.3 is 11.7 Å². The van der Waals surface area contributed by atoms with Crippen molar-refractivity contribution in [1.29, 1.82) is 5.41 Å². The number of benzene rings is 2. The molecule has 13 heteroatoms. The molecule has 208 valence electrons. The molecular weight excluding hydrogens is 516 g/mol. The van der Waals surface area contributed by atoms with Crippen LogP contribution in [-0.2, 0) is 16.0 Å². The third-order valence-corrected chi connectivity index (χ3v) is 5.77. The zero-order valence-electron chi connectivity index (χ0n) is 22.3. The van der Waals surface area contributed by atoms with Gasteiger partial charge in [0.25, 0.3) is 5.95 Å². The number of aromatic nitrogens is 5. The number of aryl methyl sites for hydroxylation is 1. The van der Waals surface area contributed by atoms with E-state index < -0.39 is 17.7 Å². The lowest BCUT2D eigenvalue weighted by atomic mass is 10.0. The minimum atomic E-state index is -0.692. The van der Waals surface area contributed by atoms with E-state index in [0.29, 0.717) is 24.7 Å². The first-order valence-corrected chi connectivity index (χ1v) is 12.4. The van der Waals surface area contributed by atoms with Crippen molar-refractivity contribution in [3.05, 3.63) is 87.9 Å². The molecular formula is C27H30N8O5. The van der Waals surface area contributed by atoms with E-state index in [0.717, 1.165) is 22.2 Å². The highest BCUT2D eigenvalue weighted by Crippen LogP contribution is 2.31. The number of amidine groups is 1. The molecule has 2 aromatic heterocycles. The average Bonchev–Trinajstić information content (AvgIpc) is 3.32. The molecule has 0 aliphatic rings. The van der Waals surface area contributed by atoms with Crippen molar-refractivity contribution < 1.29 is 19.0 Å². The third kappa shape index (κ3) is 6.69. The summed E-state index contributed by atoms with van der Waals surface area (Å²) in [5.41, 5.74) is 7.67. The van der Waals surface area contributed by atoms with Gasteiger partial charge in [0.1, 0.15) is 30.0 Å². The van der Waals surface area contributed by atoms with Crippen molar-refractivity contribution in [2.45, 2.75) is 26.3 Å². The van der Waals surface area contributed by atoms with E-state index in [4.69, 9.17) is 25.4 Å². The largest absolute Gasteiger partial charge is 0.491 e. The predicted molar refractivity (Wildman–Crippen MR) is 147 cm³/mol. The van der Waals surface area contributed by atoms with E-state index in [1.807, 2.05) is 25.1 Å². The van der Waals surface area contributed by atoms with Crippen LogP contribution < -0.4 is 26.2 Å². The monoisotopic (exact) mass is 546 g/mol. The van der Waals surface area contributed by atoms with Crippen LogP contribution in [-0.4, -0.2) is 56.9 Å². The second kappa shape index (κ2) is 12.7. The highest BCUT2D eigenvalue weighted by Gasteiger charge is 2.23. The molecule has 0 aliphatic heterocycles. The zero-order valence-corrected chi connectivity index (χ0v) is 22.3. The van der Waals surface area contributed by atoms with Gasteiger partial charge in [-0.05, 0) is 47.9 Å². The van der Waals surface area contributed by atoms with Crippen molar-refractivity contribution in [3.63, 3.8) is 0 Å². The summed E-state index contributed by atoms with van der Waals surface area (Å²) in [6, 6.07) is 11.5. The Morgan fingerprint density at radius 3 is 2.62 bits per heavy atom. The van der Waals surface area contributed by atoms with Crippen LogP contribution in [0.5, 0.6) is 11.5 Å². The van der Waals surface area contributed by atoms with Crippen molar-refractivity contribution in [2.24, 2.45) is 5.73 Å². The zero-order chi connectivity index (χ0) is 28.6. The molecule has 4 rings (SSSR count). The minimum absolute atomic E-state index is 0.114. The Morgan fingerprint density at radius 1 is 1.18 bits per heavy atom. The Kier molecular flexibility index (Phi) is 8.86. The molecule has 4 aromatic rings. The van der Waals surface area contributed by atoms with Crippen LogP contribution in [0.2, 0.25) is 0 Å². The average molecular weight is 547 g/mol. The molecule has 0 bridgehead atoms. The van der Waals surface area contributed by atoms with Crippen molar-refractivity contribution in [3.8, 4) is 17.4 Å². The van der Waals surface area contributed by atoms with E-state index in [1.54, 1.807) is 31.4 Å². The summed E-state index contributed by atoms with van der Waals surface area (Å²) >= 11 is 0. The first-order chi connectivity index (χ1) is 19.3. The number of carbonyl (C=O) groups excluding carboxylic acids is 1. The van der Waals surface area contributed by atoms with Gasteiger partial charge in [-0.25, -0.2) is 14.8 Å². The maximum absolute atomic E-state index is 12.9. The number of H-pyrrole nitrogens is 1. The van der Waals surface area contributed by atoms with Gasteiger partial charge in [-0.3, -0.25) is 15.2 Å². The number of rotatable bonds is 12. The van der Waals surface area contributed by atoms with Crippen LogP contribution in [0, 0.1) is 5.41 Å². The fourth-order valence-electron chi connectivity index (χ4n) is 3.94. The van der Waals surface area contributed by atoms with Gasteiger partial charge in [0.15, 0.2) is 5.82 Å². The van der Waals surface area contributed by atoms with Crippen LogP contribution >= 0.6 is 0 Å². The third-order valence-electron chi connectivity index (χ3n) is 5.77. The number of nitrogen functional groups attached to an aromatic ring is 1. The number of ether oxygens (including phenoxy) is 3. The van der Waals surface area contributed by atoms with Crippen molar-refractivity contribution in [1.82, 2.24) is 24.7 Å². The maximum atomic E-state index is 12.9. The molecule has 0 fully saturated rings. The second-order valence-electron chi connectivity index (χ2n) is 8.68. The summed E-state index contributed by atoms with van der Waals surface area (Å²) in [6.45, 7) is 4.06. The number of nitrogens with zero attached hydrogens (tertiary/aromatic N) is 4. The van der Waals surface area contributed by atoms with Gasteiger partial charge < -0.3 is 25.3 Å². The summed E-state index contributed by atoms with van der Waals surface area (Å²) < 4.78 is 17.4. The normalized spacial score (nSPS) is 11.6. The number of carbonyl (C=O) groups is 1. The number of hydrogen-bond donors (Lipinski definition) is 4. The van der Waals surface area contributed by atoms with Crippen LogP contribution in [0.1, 0.15) is 42.4 Å². The first-order valence-electron chi connectivity index (χ1n) is 12.4. The lowest BCUT2D eigenvalue weighted by molar-refractivity contribution is -0.131. The summed E-state index contributed by atoms with van der Waals surface area (Å²) in [5, 5.41) is 15.7. The summed E-state index contributed by atoms with van der Waals surface area (Å²) in [7, 11) is 1.60. The summed E-state index contributed by atoms with van der Waals surface area (Å²) in [6.07, 6.45) is 3.76. The first kappa shape index (κ1) is 28.0. The second-order valence-corrected chi connectivity index (χ2v) is 8.68. The van der Waals surface area contributed by atoms with Crippen LogP contribution in [0.4, 0.5) is 5.69 Å². The van der Waals surface area contributed by atoms with E-state index in [2.05, 4.69) is 25.4 Å². The quantitative estimate of drug-likeness (QED) is 0.0676. The molecule has 1 atom stereocenters. The van der Waals surface area contributed by atoms with Gasteiger partial charge in [-0.1, -0.05) is 13.0 Å². The highest BCUT2D eigenvalue weighted by atomic mass is 16.5. The van der Waals surface area contributed by atoms with E-state index in [9.17, 15) is 9.59 Å². The molecule has 0 aliphatic carbocycles. The number of hydrogen-bond acceptors (Lipinski definition) is 10. The van der Waals surface area contributed by atoms with Gasteiger partial charge in [0.05, 0.1) is 12.2 Å². The van der Waals surface area contributed by atoms with Crippen LogP contribution in [0.15, 0.2) is 59.7 Å². The van der Waals surface area contributed by atoms with E-state index in [-0.39, 0.29) is 28.9 Å². The van der Waals surface area contributed by atoms with Gasteiger partial charge in [0, 0.05) is 38.2 Å². The Balaban J connectivity index is 1.82. The highest BCUT2D eigenvalue weighted by molar-refractivity contribution is 5.98. The van der Waals surface area contributed by atoms with E-state index >= 15 is 0 Å². The SMILES string of the molecule is CCc1cc(OCCOC)cc(C(Nc2ccc(C(=N)N)c(OC(C)=O)c2)c2nn(-c3ncccn3)c(=O)[nH]2)c1. The molecule has 0 saturated carbocycles. The maximum Gasteiger partial charge on any atom is 0.350 e. The minimum Gasteiger partial charge on any atom is -0.491 e. The van der Waals surface area contributed by atoms with Gasteiger partial charge in [-0.15, -0.1) is 9.78 Å². The van der Waals surface area contributed by atoms with Crippen LogP contribution in [0.3, 0.4) is 0 Å². The number of methoxy groups -OCH3 is 1. The van der Waals surface area contributed by atoms with Crippen molar-refractivity contribution in [2.75, 3.05) is 25.6 Å². The van der Waals surface area contributed by atoms with Gasteiger partial charge in [0.2, 0.25) is 0 Å². The molecule has 5 N–H and O–H groups in total. The Morgan fingerprint density at radius 2 is 1.95 bits per heavy atom. The number of anilines is 1. The Labute approximate surface area is 229 Å². The topological polar surface area (TPSA) is 183 Å². The fourth-order valence-corrected chi connectivity index (χ4v) is 3.94. The van der Waals surface area contributed by atoms with E-state index in [1.165, 1.54) is 19.3 Å². The smallest absolute Gasteiger partial charge is 0.350 e. The predicted octanol–water partition coefficient (Wildman–Crippen LogP) is 2.35. The summed E-state index contributed by atoms with van der Waals surface area (Å²) in [4.78, 5) is 35.7.